The van der Waals surface area contributed by atoms with Gasteiger partial charge >= 0.3 is 5.97 Å². The van der Waals surface area contributed by atoms with Crippen molar-refractivity contribution in [3.8, 4) is 0 Å². The highest BCUT2D eigenvalue weighted by atomic mass is 35.6. The van der Waals surface area contributed by atoms with Crippen LogP contribution in [-0.2, 0) is 9.53 Å². The molecule has 0 aliphatic heterocycles. The van der Waals surface area contributed by atoms with Crippen LogP contribution in [0.4, 0.5) is 0 Å². The summed E-state index contributed by atoms with van der Waals surface area (Å²) in [6.07, 6.45) is 0.105. The SMILES string of the molecule is CC(CC(=O)OC(C)(C)C)C(Cl)(Cl)Cl. The van der Waals surface area contributed by atoms with Crippen LogP contribution in [0.1, 0.15) is 34.1 Å². The lowest BCUT2D eigenvalue weighted by molar-refractivity contribution is -0.155. The van der Waals surface area contributed by atoms with Crippen molar-refractivity contribution >= 4 is 40.8 Å². The van der Waals surface area contributed by atoms with E-state index in [9.17, 15) is 4.79 Å². The van der Waals surface area contributed by atoms with Crippen LogP contribution in [0.15, 0.2) is 0 Å². The summed E-state index contributed by atoms with van der Waals surface area (Å²) in [7, 11) is 0. The summed E-state index contributed by atoms with van der Waals surface area (Å²) >= 11 is 16.9. The molecule has 5 heteroatoms. The quantitative estimate of drug-likeness (QED) is 0.559. The molecule has 0 saturated heterocycles. The summed E-state index contributed by atoms with van der Waals surface area (Å²) in [5, 5.41) is 0. The van der Waals surface area contributed by atoms with E-state index >= 15 is 0 Å². The second-order valence-corrected chi connectivity index (χ2v) is 6.60. The van der Waals surface area contributed by atoms with Gasteiger partial charge in [0, 0.05) is 5.92 Å². The van der Waals surface area contributed by atoms with Gasteiger partial charge in [-0.2, -0.15) is 0 Å². The topological polar surface area (TPSA) is 26.3 Å². The second kappa shape index (κ2) is 4.91. The van der Waals surface area contributed by atoms with E-state index in [0.717, 1.165) is 0 Å². The molecule has 0 radical (unpaired) electrons. The maximum absolute atomic E-state index is 11.3. The van der Waals surface area contributed by atoms with Gasteiger partial charge in [-0.15, -0.1) is 0 Å². The summed E-state index contributed by atoms with van der Waals surface area (Å²) < 4.78 is 3.67. The lowest BCUT2D eigenvalue weighted by Crippen LogP contribution is -2.27. The number of rotatable bonds is 2. The number of ether oxygens (including phenoxy) is 1. The zero-order valence-electron chi connectivity index (χ0n) is 8.73. The Morgan fingerprint density at radius 2 is 1.71 bits per heavy atom. The van der Waals surface area contributed by atoms with Crippen molar-refractivity contribution < 1.29 is 9.53 Å². The Labute approximate surface area is 99.8 Å². The van der Waals surface area contributed by atoms with Crippen molar-refractivity contribution in [2.24, 2.45) is 5.92 Å². The van der Waals surface area contributed by atoms with Gasteiger partial charge in [-0.25, -0.2) is 0 Å². The molecule has 0 aliphatic rings. The first-order valence-corrected chi connectivity index (χ1v) is 5.44. The predicted molar refractivity (Wildman–Crippen MR) is 59.9 cm³/mol. The number of carbonyl (C=O) groups is 1. The Balaban J connectivity index is 4.09. The average Bonchev–Trinajstić information content (AvgIpc) is 1.79. The lowest BCUT2D eigenvalue weighted by Gasteiger charge is -2.23. The molecule has 1 unspecified atom stereocenters. The van der Waals surface area contributed by atoms with Gasteiger partial charge < -0.3 is 4.74 Å². The Hall–Kier alpha value is 0.340. The molecule has 0 aromatic carbocycles. The standard InChI is InChI=1S/C9H15Cl3O2/c1-6(9(10,11)12)5-7(13)14-8(2,3)4/h6H,5H2,1-4H3. The van der Waals surface area contributed by atoms with Gasteiger partial charge in [0.05, 0.1) is 6.42 Å². The fraction of sp³-hybridized carbons (Fsp3) is 0.889. The Morgan fingerprint density at radius 3 is 2.00 bits per heavy atom. The molecule has 0 heterocycles. The minimum absolute atomic E-state index is 0.105. The van der Waals surface area contributed by atoms with Crippen molar-refractivity contribution in [3.63, 3.8) is 0 Å². The van der Waals surface area contributed by atoms with Crippen LogP contribution in [0.3, 0.4) is 0 Å². The van der Waals surface area contributed by atoms with E-state index in [4.69, 9.17) is 39.5 Å². The van der Waals surface area contributed by atoms with E-state index < -0.39 is 9.39 Å². The molecule has 0 amide bonds. The molecule has 84 valence electrons. The van der Waals surface area contributed by atoms with Crippen LogP contribution in [0.2, 0.25) is 0 Å². The number of halogens is 3. The molecule has 1 atom stereocenters. The van der Waals surface area contributed by atoms with E-state index in [1.54, 1.807) is 27.7 Å². The van der Waals surface area contributed by atoms with Gasteiger partial charge in [-0.3, -0.25) is 4.79 Å². The second-order valence-electron chi connectivity index (χ2n) is 4.23. The van der Waals surface area contributed by atoms with Crippen LogP contribution >= 0.6 is 34.8 Å². The maximum Gasteiger partial charge on any atom is 0.306 e. The highest BCUT2D eigenvalue weighted by Gasteiger charge is 2.31. The van der Waals surface area contributed by atoms with Crippen molar-refractivity contribution in [1.29, 1.82) is 0 Å². The molecule has 0 saturated carbocycles. The Kier molecular flexibility index (Phi) is 5.03. The Bertz CT molecular complexity index is 203. The molecule has 0 aromatic heterocycles. The molecule has 0 bridgehead atoms. The van der Waals surface area contributed by atoms with Gasteiger partial charge in [0.1, 0.15) is 5.60 Å². The van der Waals surface area contributed by atoms with E-state index in [0.29, 0.717) is 0 Å². The van der Waals surface area contributed by atoms with Gasteiger partial charge in [0.25, 0.3) is 0 Å². The molecule has 14 heavy (non-hydrogen) atoms. The van der Waals surface area contributed by atoms with Crippen LogP contribution in [0.5, 0.6) is 0 Å². The first-order chi connectivity index (χ1) is 6.02. The molecule has 0 aliphatic carbocycles. The van der Waals surface area contributed by atoms with Crippen LogP contribution in [0, 0.1) is 5.92 Å². The van der Waals surface area contributed by atoms with Crippen LogP contribution in [-0.4, -0.2) is 15.4 Å². The van der Waals surface area contributed by atoms with E-state index in [1.165, 1.54) is 0 Å². The van der Waals surface area contributed by atoms with Gasteiger partial charge in [0.2, 0.25) is 0 Å². The molecule has 2 nitrogen and oxygen atoms in total. The normalized spacial score (nSPS) is 15.1. The summed E-state index contributed by atoms with van der Waals surface area (Å²) in [4.78, 5) is 11.3. The Morgan fingerprint density at radius 1 is 1.29 bits per heavy atom. The largest absolute Gasteiger partial charge is 0.460 e. The molecule has 0 spiro atoms. The van der Waals surface area contributed by atoms with E-state index in [-0.39, 0.29) is 18.3 Å². The highest BCUT2D eigenvalue weighted by molar-refractivity contribution is 6.67. The van der Waals surface area contributed by atoms with Crippen molar-refractivity contribution in [2.75, 3.05) is 0 Å². The zero-order chi connectivity index (χ0) is 11.6. The van der Waals surface area contributed by atoms with Gasteiger partial charge in [-0.05, 0) is 20.8 Å². The number of esters is 1. The molecular formula is C9H15Cl3O2. The minimum Gasteiger partial charge on any atom is -0.460 e. The van der Waals surface area contributed by atoms with Crippen LogP contribution < -0.4 is 0 Å². The minimum atomic E-state index is -1.42. The van der Waals surface area contributed by atoms with E-state index in [2.05, 4.69) is 0 Å². The molecule has 0 N–H and O–H groups in total. The third kappa shape index (κ3) is 6.74. The number of carbonyl (C=O) groups excluding carboxylic acids is 1. The summed E-state index contributed by atoms with van der Waals surface area (Å²) in [5.41, 5.74) is -0.496. The van der Waals surface area contributed by atoms with Gasteiger partial charge in [-0.1, -0.05) is 41.7 Å². The first-order valence-electron chi connectivity index (χ1n) is 4.31. The average molecular weight is 262 g/mol. The van der Waals surface area contributed by atoms with E-state index in [1.807, 2.05) is 0 Å². The smallest absolute Gasteiger partial charge is 0.306 e. The van der Waals surface area contributed by atoms with Crippen LogP contribution in [0.25, 0.3) is 0 Å². The summed E-state index contributed by atoms with van der Waals surface area (Å²) in [5.74, 6) is -0.710. The molecule has 0 aromatic rings. The fourth-order valence-corrected chi connectivity index (χ4v) is 0.980. The number of hydrogen-bond acceptors (Lipinski definition) is 2. The zero-order valence-corrected chi connectivity index (χ0v) is 11.0. The fourth-order valence-electron chi connectivity index (χ4n) is 0.749. The molecule has 0 rings (SSSR count). The first kappa shape index (κ1) is 14.3. The number of alkyl halides is 3. The summed E-state index contributed by atoms with van der Waals surface area (Å²) in [6.45, 7) is 7.08. The van der Waals surface area contributed by atoms with Crippen molar-refractivity contribution in [1.82, 2.24) is 0 Å². The van der Waals surface area contributed by atoms with Crippen molar-refractivity contribution in [2.45, 2.75) is 43.5 Å². The molecular weight excluding hydrogens is 246 g/mol. The third-order valence-electron chi connectivity index (χ3n) is 1.45. The maximum atomic E-state index is 11.3. The lowest BCUT2D eigenvalue weighted by atomic mass is 10.1. The molecule has 0 fully saturated rings. The predicted octanol–water partition coefficient (Wildman–Crippen LogP) is 3.72. The van der Waals surface area contributed by atoms with Crippen molar-refractivity contribution in [3.05, 3.63) is 0 Å². The monoisotopic (exact) mass is 260 g/mol. The number of hydrogen-bond donors (Lipinski definition) is 0. The third-order valence-corrected chi connectivity index (χ3v) is 2.57. The van der Waals surface area contributed by atoms with Gasteiger partial charge in [0.15, 0.2) is 3.79 Å². The summed E-state index contributed by atoms with van der Waals surface area (Å²) in [6, 6.07) is 0. The highest BCUT2D eigenvalue weighted by Crippen LogP contribution is 2.36.